The van der Waals surface area contributed by atoms with Crippen LogP contribution in [0.25, 0.3) is 0 Å². The molecule has 0 saturated heterocycles. The van der Waals surface area contributed by atoms with E-state index in [-0.39, 0.29) is 5.92 Å². The van der Waals surface area contributed by atoms with Gasteiger partial charge in [0.05, 0.1) is 12.1 Å². The summed E-state index contributed by atoms with van der Waals surface area (Å²) in [6, 6.07) is 13.5. The average Bonchev–Trinajstić information content (AvgIpc) is 3.39. The van der Waals surface area contributed by atoms with Crippen molar-refractivity contribution in [1.82, 2.24) is 0 Å². The quantitative estimate of drug-likeness (QED) is 0.310. The summed E-state index contributed by atoms with van der Waals surface area (Å²) in [6.07, 6.45) is 4.28. The van der Waals surface area contributed by atoms with Crippen LogP contribution in [0.4, 0.5) is 5.69 Å². The van der Waals surface area contributed by atoms with E-state index < -0.39 is 15.0 Å². The maximum atomic E-state index is 10.6. The second-order valence-corrected chi connectivity index (χ2v) is 11.4. The number of thioether (sulfide) groups is 2. The Balaban J connectivity index is 2.04. The van der Waals surface area contributed by atoms with E-state index in [1.54, 1.807) is 23.5 Å². The van der Waals surface area contributed by atoms with Crippen LogP contribution in [0, 0.1) is 33.5 Å². The summed E-state index contributed by atoms with van der Waals surface area (Å²) in [5, 5.41) is 21.0. The lowest BCUT2D eigenvalue weighted by molar-refractivity contribution is 0.562. The lowest BCUT2D eigenvalue weighted by Gasteiger charge is -2.32. The van der Waals surface area contributed by atoms with E-state index in [1.165, 1.54) is 0 Å². The number of nitriles is 2. The highest BCUT2D eigenvalue weighted by Gasteiger charge is 2.91. The van der Waals surface area contributed by atoms with Gasteiger partial charge in [-0.25, -0.2) is 4.99 Å². The molecule has 172 valence electrons. The molecule has 1 saturated carbocycles. The van der Waals surface area contributed by atoms with Crippen molar-refractivity contribution in [1.29, 1.82) is 10.5 Å². The first-order valence-corrected chi connectivity index (χ1v) is 13.8. The number of aliphatic imine (C=N–C) groups is 1. The molecular weight excluding hydrogens is 434 g/mol. The SMILES string of the molecule is CCCCSC1(SCCCC)N=C(N)C2(C#N)C(c3ccc(N(CC)CC)cc3)C12C#N. The molecule has 3 atom stereocenters. The van der Waals surface area contributed by atoms with Gasteiger partial charge in [0.25, 0.3) is 0 Å². The van der Waals surface area contributed by atoms with E-state index in [0.717, 1.165) is 61.5 Å². The second-order valence-electron chi connectivity index (χ2n) is 8.52. The molecule has 3 unspecified atom stereocenters. The number of hydrogen-bond donors (Lipinski definition) is 1. The first-order chi connectivity index (χ1) is 15.5. The summed E-state index contributed by atoms with van der Waals surface area (Å²) in [5.74, 6) is 1.90. The van der Waals surface area contributed by atoms with E-state index in [0.29, 0.717) is 5.84 Å². The summed E-state index contributed by atoms with van der Waals surface area (Å²) < 4.78 is -0.728. The van der Waals surface area contributed by atoms with Crippen LogP contribution in [-0.2, 0) is 0 Å². The van der Waals surface area contributed by atoms with Crippen LogP contribution < -0.4 is 10.6 Å². The van der Waals surface area contributed by atoms with Crippen LogP contribution in [0.5, 0.6) is 0 Å². The predicted octanol–water partition coefficient (Wildman–Crippen LogP) is 5.74. The number of nitrogens with zero attached hydrogens (tertiary/aromatic N) is 4. The molecule has 0 radical (unpaired) electrons. The fourth-order valence-electron chi connectivity index (χ4n) is 5.03. The van der Waals surface area contributed by atoms with E-state index in [4.69, 9.17) is 10.7 Å². The van der Waals surface area contributed by atoms with Crippen molar-refractivity contribution in [2.75, 3.05) is 29.5 Å². The Kier molecular flexibility index (Phi) is 7.73. The van der Waals surface area contributed by atoms with Crippen molar-refractivity contribution in [3.05, 3.63) is 29.8 Å². The molecule has 0 spiro atoms. The molecule has 1 aliphatic heterocycles. The summed E-state index contributed by atoms with van der Waals surface area (Å²) in [5.41, 5.74) is 6.69. The first kappa shape index (κ1) is 24.8. The summed E-state index contributed by atoms with van der Waals surface area (Å²) in [7, 11) is 0. The number of unbranched alkanes of at least 4 members (excludes halogenated alkanes) is 2. The van der Waals surface area contributed by atoms with E-state index in [2.05, 4.69) is 69.0 Å². The lowest BCUT2D eigenvalue weighted by atomic mass is 9.97. The Labute approximate surface area is 201 Å². The van der Waals surface area contributed by atoms with Gasteiger partial charge in [-0.15, -0.1) is 23.5 Å². The number of benzene rings is 1. The van der Waals surface area contributed by atoms with Crippen LogP contribution in [-0.4, -0.2) is 34.6 Å². The number of rotatable bonds is 12. The summed E-state index contributed by atoms with van der Waals surface area (Å²) >= 11 is 3.45. The second kappa shape index (κ2) is 9.98. The number of anilines is 1. The molecule has 1 aliphatic carbocycles. The van der Waals surface area contributed by atoms with Crippen LogP contribution in [0.15, 0.2) is 29.3 Å². The molecule has 2 N–H and O–H groups in total. The standard InChI is InChI=1S/C25H35N5S2/c1-5-9-15-31-25(32-16-10-6-2)24(18-27)21(23(24,17-26)22(28)29-25)19-11-13-20(14-12-19)30(7-3)8-4/h11-14,21H,5-10,15-16H2,1-4H3,(H2,28,29). The predicted molar refractivity (Wildman–Crippen MR) is 138 cm³/mol. The summed E-state index contributed by atoms with van der Waals surface area (Å²) in [6.45, 7) is 10.5. The van der Waals surface area contributed by atoms with E-state index in [9.17, 15) is 10.5 Å². The minimum absolute atomic E-state index is 0.253. The number of fused-ring (bicyclic) bond motifs is 1. The minimum Gasteiger partial charge on any atom is -0.386 e. The van der Waals surface area contributed by atoms with Crippen LogP contribution in [0.1, 0.15) is 64.9 Å². The monoisotopic (exact) mass is 469 g/mol. The Bertz CT molecular complexity index is 902. The zero-order valence-electron chi connectivity index (χ0n) is 19.7. The maximum Gasteiger partial charge on any atom is 0.175 e. The van der Waals surface area contributed by atoms with Gasteiger partial charge in [-0.3, -0.25) is 0 Å². The Hall–Kier alpha value is -1.83. The zero-order valence-corrected chi connectivity index (χ0v) is 21.4. The van der Waals surface area contributed by atoms with Gasteiger partial charge < -0.3 is 10.6 Å². The van der Waals surface area contributed by atoms with Crippen molar-refractivity contribution in [3.8, 4) is 12.1 Å². The smallest absolute Gasteiger partial charge is 0.175 e. The average molecular weight is 470 g/mol. The molecule has 2 aliphatic rings. The van der Waals surface area contributed by atoms with Crippen molar-refractivity contribution >= 4 is 35.0 Å². The van der Waals surface area contributed by atoms with E-state index in [1.807, 2.05) is 0 Å². The summed E-state index contributed by atoms with van der Waals surface area (Å²) in [4.78, 5) is 7.19. The van der Waals surface area contributed by atoms with Gasteiger partial charge in [-0.2, -0.15) is 10.5 Å². The van der Waals surface area contributed by atoms with Crippen molar-refractivity contribution in [2.24, 2.45) is 21.6 Å². The molecule has 7 heteroatoms. The lowest BCUT2D eigenvalue weighted by Crippen LogP contribution is -2.32. The topological polar surface area (TPSA) is 89.2 Å². The highest BCUT2D eigenvalue weighted by molar-refractivity contribution is 8.18. The van der Waals surface area contributed by atoms with Crippen molar-refractivity contribution < 1.29 is 0 Å². The maximum absolute atomic E-state index is 10.6. The fraction of sp³-hybridized carbons (Fsp3) is 0.640. The number of nitrogens with two attached hydrogens (primary N) is 1. The molecule has 3 rings (SSSR count). The highest BCUT2D eigenvalue weighted by atomic mass is 32.2. The third-order valence-corrected chi connectivity index (χ3v) is 10.2. The number of amidine groups is 1. The fourth-order valence-corrected chi connectivity index (χ4v) is 8.72. The van der Waals surface area contributed by atoms with Gasteiger partial charge >= 0.3 is 0 Å². The van der Waals surface area contributed by atoms with Gasteiger partial charge in [0.2, 0.25) is 0 Å². The van der Waals surface area contributed by atoms with Crippen LogP contribution in [0.3, 0.4) is 0 Å². The minimum atomic E-state index is -1.04. The highest BCUT2D eigenvalue weighted by Crippen LogP contribution is 2.85. The van der Waals surface area contributed by atoms with Crippen LogP contribution in [0.2, 0.25) is 0 Å². The number of hydrogen-bond acceptors (Lipinski definition) is 7. The molecule has 32 heavy (non-hydrogen) atoms. The van der Waals surface area contributed by atoms with Crippen LogP contribution >= 0.6 is 23.5 Å². The van der Waals surface area contributed by atoms with Gasteiger partial charge in [-0.05, 0) is 55.9 Å². The van der Waals surface area contributed by atoms with Gasteiger partial charge in [0.15, 0.2) is 4.20 Å². The molecule has 1 aromatic rings. The Morgan fingerprint density at radius 1 is 0.969 bits per heavy atom. The van der Waals surface area contributed by atoms with Gasteiger partial charge in [-0.1, -0.05) is 38.8 Å². The van der Waals surface area contributed by atoms with Crippen molar-refractivity contribution in [3.63, 3.8) is 0 Å². The third-order valence-electron chi connectivity index (χ3n) is 6.87. The molecular formula is C25H35N5S2. The molecule has 0 amide bonds. The molecule has 1 fully saturated rings. The van der Waals surface area contributed by atoms with E-state index >= 15 is 0 Å². The Morgan fingerprint density at radius 2 is 1.53 bits per heavy atom. The van der Waals surface area contributed by atoms with Crippen molar-refractivity contribution in [2.45, 2.75) is 63.5 Å². The Morgan fingerprint density at radius 3 is 1.97 bits per heavy atom. The van der Waals surface area contributed by atoms with Gasteiger partial charge in [0, 0.05) is 24.7 Å². The van der Waals surface area contributed by atoms with Gasteiger partial charge in [0.1, 0.15) is 16.7 Å². The zero-order chi connectivity index (χ0) is 23.4. The molecule has 0 bridgehead atoms. The largest absolute Gasteiger partial charge is 0.386 e. The molecule has 5 nitrogen and oxygen atoms in total. The third kappa shape index (κ3) is 3.49. The molecule has 1 heterocycles. The molecule has 1 aromatic carbocycles. The molecule has 0 aromatic heterocycles. The normalized spacial score (nSPS) is 27.2. The first-order valence-electron chi connectivity index (χ1n) is 11.8.